The minimum Gasteiger partial charge on any atom is -0.333 e. The molecule has 1 atom stereocenters. The molecule has 0 bridgehead atoms. The molecule has 0 aliphatic carbocycles. The number of piperidine rings is 1. The molecule has 0 saturated carbocycles. The van der Waals surface area contributed by atoms with Gasteiger partial charge in [0.15, 0.2) is 0 Å². The third kappa shape index (κ3) is 3.73. The summed E-state index contributed by atoms with van der Waals surface area (Å²) in [5, 5.41) is 3.08. The number of fused-ring (bicyclic) bond motifs is 1. The largest absolute Gasteiger partial charge is 0.333 e. The van der Waals surface area contributed by atoms with Gasteiger partial charge < -0.3 is 19.7 Å². The molecular formula is C22H29N5O2. The summed E-state index contributed by atoms with van der Waals surface area (Å²) in [6.07, 6.45) is 8.07. The van der Waals surface area contributed by atoms with Crippen LogP contribution < -0.4 is 10.2 Å². The van der Waals surface area contributed by atoms with Crippen molar-refractivity contribution < 1.29 is 9.59 Å². The monoisotopic (exact) mass is 395 g/mol. The number of carbonyl (C=O) groups excluding carboxylic acids is 2. The molecule has 2 aliphatic rings. The summed E-state index contributed by atoms with van der Waals surface area (Å²) in [7, 11) is 0. The number of imidazole rings is 1. The van der Waals surface area contributed by atoms with Gasteiger partial charge in [0.1, 0.15) is 5.82 Å². The highest BCUT2D eigenvalue weighted by atomic mass is 16.2. The molecule has 3 amide bonds. The van der Waals surface area contributed by atoms with Crippen molar-refractivity contribution in [3.05, 3.63) is 42.0 Å². The number of nitrogens with zero attached hydrogens (tertiary/aromatic N) is 4. The van der Waals surface area contributed by atoms with Crippen LogP contribution in [0.2, 0.25) is 0 Å². The number of anilines is 2. The molecule has 0 spiro atoms. The lowest BCUT2D eigenvalue weighted by Gasteiger charge is -2.35. The second-order valence-corrected chi connectivity index (χ2v) is 7.69. The lowest BCUT2D eigenvalue weighted by atomic mass is 10.00. The summed E-state index contributed by atoms with van der Waals surface area (Å²) in [6.45, 7) is 6.32. The molecule has 7 heteroatoms. The van der Waals surface area contributed by atoms with E-state index in [2.05, 4.69) is 21.8 Å². The van der Waals surface area contributed by atoms with Crippen LogP contribution in [-0.2, 0) is 17.8 Å². The maximum absolute atomic E-state index is 13.1. The van der Waals surface area contributed by atoms with Gasteiger partial charge >= 0.3 is 6.03 Å². The quantitative estimate of drug-likeness (QED) is 0.852. The maximum Gasteiger partial charge on any atom is 0.322 e. The molecule has 154 valence electrons. The summed E-state index contributed by atoms with van der Waals surface area (Å²) >= 11 is 0. The van der Waals surface area contributed by atoms with E-state index >= 15 is 0 Å². The molecule has 2 aromatic rings. The molecular weight excluding hydrogens is 366 g/mol. The van der Waals surface area contributed by atoms with Gasteiger partial charge in [-0.05, 0) is 63.3 Å². The second kappa shape index (κ2) is 8.27. The third-order valence-corrected chi connectivity index (χ3v) is 6.00. The van der Waals surface area contributed by atoms with Crippen molar-refractivity contribution in [1.29, 1.82) is 0 Å². The van der Waals surface area contributed by atoms with Crippen molar-refractivity contribution in [2.45, 2.75) is 58.5 Å². The molecule has 1 fully saturated rings. The molecule has 1 aromatic carbocycles. The highest BCUT2D eigenvalue weighted by Crippen LogP contribution is 2.32. The number of hydrogen-bond acceptors (Lipinski definition) is 3. The van der Waals surface area contributed by atoms with E-state index in [1.165, 1.54) is 0 Å². The van der Waals surface area contributed by atoms with Gasteiger partial charge in [-0.2, -0.15) is 0 Å². The molecule has 7 nitrogen and oxygen atoms in total. The molecule has 1 saturated heterocycles. The zero-order chi connectivity index (χ0) is 20.4. The van der Waals surface area contributed by atoms with E-state index in [1.807, 2.05) is 47.3 Å². The Labute approximate surface area is 171 Å². The number of amides is 3. The fourth-order valence-corrected chi connectivity index (χ4v) is 4.51. The Kier molecular flexibility index (Phi) is 5.56. The van der Waals surface area contributed by atoms with E-state index < -0.39 is 0 Å². The number of aryl methyl sites for hydroxylation is 2. The van der Waals surface area contributed by atoms with Crippen LogP contribution in [0.1, 0.15) is 57.0 Å². The Bertz CT molecular complexity index is 906. The number of nitrogens with one attached hydrogen (secondary N) is 1. The minimum atomic E-state index is -0.0838. The van der Waals surface area contributed by atoms with Gasteiger partial charge in [-0.15, -0.1) is 0 Å². The topological polar surface area (TPSA) is 70.5 Å². The predicted octanol–water partition coefficient (Wildman–Crippen LogP) is 3.96. The van der Waals surface area contributed by atoms with Gasteiger partial charge in [0, 0.05) is 49.8 Å². The number of aromatic nitrogens is 2. The standard InChI is InChI=1S/C22H29N5O2/c1-3-25-14-12-23-21(25)19-7-5-6-13-27(19)22(29)24-17-9-10-18-16(15-17)8-11-20(28)26(18)4-2/h9-10,12,14-15,19H,3-8,11,13H2,1-2H3,(H,24,29). The van der Waals surface area contributed by atoms with Crippen LogP contribution in [0.5, 0.6) is 0 Å². The van der Waals surface area contributed by atoms with E-state index in [9.17, 15) is 9.59 Å². The zero-order valence-corrected chi connectivity index (χ0v) is 17.2. The first kappa shape index (κ1) is 19.5. The van der Waals surface area contributed by atoms with Crippen LogP contribution in [0.3, 0.4) is 0 Å². The van der Waals surface area contributed by atoms with Crippen LogP contribution >= 0.6 is 0 Å². The van der Waals surface area contributed by atoms with E-state index in [0.717, 1.165) is 55.1 Å². The number of hydrogen-bond donors (Lipinski definition) is 1. The van der Waals surface area contributed by atoms with E-state index in [1.54, 1.807) is 0 Å². The van der Waals surface area contributed by atoms with Crippen molar-refractivity contribution in [3.63, 3.8) is 0 Å². The van der Waals surface area contributed by atoms with Crippen molar-refractivity contribution in [1.82, 2.24) is 14.5 Å². The SMILES string of the molecule is CCN1C(=O)CCc2cc(NC(=O)N3CCCCC3c3nccn3CC)ccc21. The average Bonchev–Trinajstić information content (AvgIpc) is 3.22. The molecule has 3 heterocycles. The summed E-state index contributed by atoms with van der Waals surface area (Å²) in [5.74, 6) is 1.13. The number of urea groups is 1. The fraction of sp³-hybridized carbons (Fsp3) is 0.500. The molecule has 4 rings (SSSR count). The first-order chi connectivity index (χ1) is 14.1. The van der Waals surface area contributed by atoms with Gasteiger partial charge in [-0.3, -0.25) is 4.79 Å². The van der Waals surface area contributed by atoms with Crippen LogP contribution in [-0.4, -0.2) is 39.5 Å². The van der Waals surface area contributed by atoms with Gasteiger partial charge in [0.25, 0.3) is 0 Å². The van der Waals surface area contributed by atoms with Crippen LogP contribution in [0.15, 0.2) is 30.6 Å². The number of rotatable bonds is 4. The van der Waals surface area contributed by atoms with Crippen molar-refractivity contribution in [2.24, 2.45) is 0 Å². The molecule has 0 radical (unpaired) electrons. The highest BCUT2D eigenvalue weighted by molar-refractivity contribution is 5.97. The molecule has 1 aromatic heterocycles. The average molecular weight is 396 g/mol. The highest BCUT2D eigenvalue weighted by Gasteiger charge is 2.31. The Hall–Kier alpha value is -2.83. The Morgan fingerprint density at radius 2 is 2.07 bits per heavy atom. The lowest BCUT2D eigenvalue weighted by molar-refractivity contribution is -0.118. The smallest absolute Gasteiger partial charge is 0.322 e. The number of likely N-dealkylation sites (tertiary alicyclic amines) is 1. The van der Waals surface area contributed by atoms with E-state index in [-0.39, 0.29) is 18.0 Å². The van der Waals surface area contributed by atoms with Crippen molar-refractivity contribution >= 4 is 23.3 Å². The number of benzene rings is 1. The minimum absolute atomic E-state index is 0.00420. The lowest BCUT2D eigenvalue weighted by Crippen LogP contribution is -2.42. The first-order valence-electron chi connectivity index (χ1n) is 10.6. The van der Waals surface area contributed by atoms with Crippen molar-refractivity contribution in [2.75, 3.05) is 23.3 Å². The van der Waals surface area contributed by atoms with Gasteiger partial charge in [-0.25, -0.2) is 9.78 Å². The zero-order valence-electron chi connectivity index (χ0n) is 17.2. The second-order valence-electron chi connectivity index (χ2n) is 7.69. The molecule has 1 N–H and O–H groups in total. The van der Waals surface area contributed by atoms with Gasteiger partial charge in [0.05, 0.1) is 6.04 Å². The summed E-state index contributed by atoms with van der Waals surface area (Å²) in [5.41, 5.74) is 2.85. The molecule has 29 heavy (non-hydrogen) atoms. The maximum atomic E-state index is 13.1. The normalized spacial score (nSPS) is 19.2. The van der Waals surface area contributed by atoms with Crippen LogP contribution in [0, 0.1) is 0 Å². The van der Waals surface area contributed by atoms with E-state index in [0.29, 0.717) is 19.4 Å². The molecule has 2 aliphatic heterocycles. The predicted molar refractivity (Wildman–Crippen MR) is 113 cm³/mol. The van der Waals surface area contributed by atoms with Gasteiger partial charge in [-0.1, -0.05) is 0 Å². The summed E-state index contributed by atoms with van der Waals surface area (Å²) in [6, 6.07) is 5.77. The Balaban J connectivity index is 1.53. The third-order valence-electron chi connectivity index (χ3n) is 6.00. The van der Waals surface area contributed by atoms with Gasteiger partial charge in [0.2, 0.25) is 5.91 Å². The fourth-order valence-electron chi connectivity index (χ4n) is 4.51. The number of carbonyl (C=O) groups is 2. The van der Waals surface area contributed by atoms with Crippen LogP contribution in [0.4, 0.5) is 16.2 Å². The van der Waals surface area contributed by atoms with Crippen LogP contribution in [0.25, 0.3) is 0 Å². The van der Waals surface area contributed by atoms with Crippen molar-refractivity contribution in [3.8, 4) is 0 Å². The summed E-state index contributed by atoms with van der Waals surface area (Å²) < 4.78 is 2.12. The Morgan fingerprint density at radius 3 is 2.86 bits per heavy atom. The first-order valence-corrected chi connectivity index (χ1v) is 10.6. The van der Waals surface area contributed by atoms with E-state index in [4.69, 9.17) is 0 Å². The summed E-state index contributed by atoms with van der Waals surface area (Å²) in [4.78, 5) is 33.5. The molecule has 1 unspecified atom stereocenters. The Morgan fingerprint density at radius 1 is 1.21 bits per heavy atom.